The van der Waals surface area contributed by atoms with Crippen molar-refractivity contribution in [2.75, 3.05) is 13.7 Å². The van der Waals surface area contributed by atoms with Gasteiger partial charge in [0.1, 0.15) is 30.0 Å². The fraction of sp³-hybridized carbons (Fsp3) is 0.379. The van der Waals surface area contributed by atoms with Gasteiger partial charge >= 0.3 is 0 Å². The molecule has 0 spiro atoms. The second-order valence-electron chi connectivity index (χ2n) is 9.42. The number of benzene rings is 3. The SMILES string of the molecule is CO[C@H]1O[C@H](COC(c2ccccc2)(c2ccccc2)c2ccccc2)[C@@H]2OC(C)(C)O[C@@H]2[C@H]1O. The molecule has 2 fully saturated rings. The minimum atomic E-state index is -0.967. The molecule has 3 aromatic carbocycles. The molecule has 0 radical (unpaired) electrons. The van der Waals surface area contributed by atoms with Crippen LogP contribution in [0.15, 0.2) is 91.0 Å². The highest BCUT2D eigenvalue weighted by Crippen LogP contribution is 2.43. The van der Waals surface area contributed by atoms with Gasteiger partial charge in [0, 0.05) is 7.11 Å². The molecule has 0 aromatic heterocycles. The van der Waals surface area contributed by atoms with E-state index in [9.17, 15) is 5.11 Å². The summed E-state index contributed by atoms with van der Waals surface area (Å²) in [7, 11) is 1.51. The Morgan fingerprint density at radius 1 is 0.771 bits per heavy atom. The minimum absolute atomic E-state index is 0.186. The van der Waals surface area contributed by atoms with E-state index in [1.165, 1.54) is 7.11 Å². The van der Waals surface area contributed by atoms with E-state index < -0.39 is 42.1 Å². The molecule has 0 saturated carbocycles. The standard InChI is InChI=1S/C29H32O6/c1-28(2)34-25-23(33-27(31-3)24(30)26(25)35-28)19-32-29(20-13-7-4-8-14-20,21-15-9-5-10-16-21)22-17-11-6-12-18-22/h4-18,23-27,30H,19H2,1-3H3/t23-,24-,25+,26-,27+/m1/s1. The van der Waals surface area contributed by atoms with Gasteiger partial charge in [0.25, 0.3) is 0 Å². The number of aliphatic hydroxyl groups excluding tert-OH is 1. The Bertz CT molecular complexity index is 991. The average molecular weight is 477 g/mol. The summed E-state index contributed by atoms with van der Waals surface area (Å²) in [4.78, 5) is 0. The van der Waals surface area contributed by atoms with Crippen LogP contribution in [-0.2, 0) is 29.3 Å². The van der Waals surface area contributed by atoms with Crippen molar-refractivity contribution in [2.24, 2.45) is 0 Å². The Morgan fingerprint density at radius 3 is 1.69 bits per heavy atom. The van der Waals surface area contributed by atoms with E-state index in [0.29, 0.717) is 0 Å². The van der Waals surface area contributed by atoms with Crippen molar-refractivity contribution in [1.82, 2.24) is 0 Å². The Balaban J connectivity index is 1.56. The van der Waals surface area contributed by atoms with Gasteiger partial charge in [0.15, 0.2) is 12.1 Å². The van der Waals surface area contributed by atoms with Gasteiger partial charge < -0.3 is 28.8 Å². The van der Waals surface area contributed by atoms with Gasteiger partial charge in [-0.2, -0.15) is 0 Å². The molecule has 2 aliphatic rings. The first kappa shape index (κ1) is 24.1. The summed E-state index contributed by atoms with van der Waals surface area (Å²) in [6.07, 6.45) is -3.43. The summed E-state index contributed by atoms with van der Waals surface area (Å²) in [5.74, 6) is -0.851. The maximum Gasteiger partial charge on any atom is 0.186 e. The summed E-state index contributed by atoms with van der Waals surface area (Å²) in [5.41, 5.74) is 2.10. The molecular weight excluding hydrogens is 444 g/mol. The second-order valence-corrected chi connectivity index (χ2v) is 9.42. The van der Waals surface area contributed by atoms with Crippen LogP contribution in [0.2, 0.25) is 0 Å². The van der Waals surface area contributed by atoms with Crippen LogP contribution >= 0.6 is 0 Å². The Morgan fingerprint density at radius 2 is 1.23 bits per heavy atom. The van der Waals surface area contributed by atoms with Crippen molar-refractivity contribution in [3.05, 3.63) is 108 Å². The Labute approximate surface area is 206 Å². The number of hydrogen-bond donors (Lipinski definition) is 1. The van der Waals surface area contributed by atoms with Crippen molar-refractivity contribution >= 4 is 0 Å². The van der Waals surface area contributed by atoms with E-state index in [-0.39, 0.29) is 6.61 Å². The minimum Gasteiger partial charge on any atom is -0.385 e. The number of ether oxygens (including phenoxy) is 5. The fourth-order valence-corrected chi connectivity index (χ4v) is 5.16. The summed E-state index contributed by atoms with van der Waals surface area (Å²) in [6, 6.07) is 30.5. The highest BCUT2D eigenvalue weighted by Gasteiger charge is 2.55. The van der Waals surface area contributed by atoms with E-state index in [1.54, 1.807) is 0 Å². The molecule has 1 N–H and O–H groups in total. The third-order valence-electron chi connectivity index (χ3n) is 6.69. The van der Waals surface area contributed by atoms with E-state index in [1.807, 2.05) is 68.4 Å². The highest BCUT2D eigenvalue weighted by atomic mass is 16.8. The van der Waals surface area contributed by atoms with Crippen LogP contribution in [0.4, 0.5) is 0 Å². The second kappa shape index (κ2) is 9.82. The first-order valence-electron chi connectivity index (χ1n) is 12.0. The van der Waals surface area contributed by atoms with Crippen molar-refractivity contribution in [3.8, 4) is 0 Å². The lowest BCUT2D eigenvalue weighted by molar-refractivity contribution is -0.279. The predicted molar refractivity (Wildman–Crippen MR) is 131 cm³/mol. The zero-order valence-electron chi connectivity index (χ0n) is 20.2. The smallest absolute Gasteiger partial charge is 0.186 e. The van der Waals surface area contributed by atoms with Crippen LogP contribution in [0, 0.1) is 0 Å². The van der Waals surface area contributed by atoms with Crippen LogP contribution in [0.5, 0.6) is 0 Å². The lowest BCUT2D eigenvalue weighted by atomic mass is 9.80. The molecule has 0 aliphatic carbocycles. The maximum absolute atomic E-state index is 10.8. The van der Waals surface area contributed by atoms with Crippen LogP contribution in [-0.4, -0.2) is 55.3 Å². The maximum atomic E-state index is 10.8. The van der Waals surface area contributed by atoms with E-state index in [4.69, 9.17) is 23.7 Å². The summed E-state index contributed by atoms with van der Waals surface area (Å²) < 4.78 is 30.7. The molecule has 6 heteroatoms. The molecule has 2 aliphatic heterocycles. The first-order valence-corrected chi connectivity index (χ1v) is 12.0. The number of hydrogen-bond acceptors (Lipinski definition) is 6. The van der Waals surface area contributed by atoms with E-state index in [0.717, 1.165) is 16.7 Å². The number of aliphatic hydroxyl groups is 1. The molecule has 0 bridgehead atoms. The molecule has 0 unspecified atom stereocenters. The van der Waals surface area contributed by atoms with E-state index >= 15 is 0 Å². The quantitative estimate of drug-likeness (QED) is 0.515. The lowest BCUT2D eigenvalue weighted by Crippen LogP contribution is -2.58. The molecule has 2 heterocycles. The molecule has 6 nitrogen and oxygen atoms in total. The van der Waals surface area contributed by atoms with Crippen LogP contribution in [0.25, 0.3) is 0 Å². The zero-order valence-corrected chi connectivity index (χ0v) is 20.2. The Kier molecular flexibility index (Phi) is 6.77. The zero-order chi connectivity index (χ0) is 24.5. The van der Waals surface area contributed by atoms with Crippen molar-refractivity contribution in [3.63, 3.8) is 0 Å². The molecule has 3 aromatic rings. The Hall–Kier alpha value is -2.58. The van der Waals surface area contributed by atoms with Gasteiger partial charge in [-0.15, -0.1) is 0 Å². The van der Waals surface area contributed by atoms with Gasteiger partial charge in [-0.1, -0.05) is 91.0 Å². The fourth-order valence-electron chi connectivity index (χ4n) is 5.16. The van der Waals surface area contributed by atoms with Crippen molar-refractivity contribution in [2.45, 2.75) is 55.9 Å². The van der Waals surface area contributed by atoms with Gasteiger partial charge in [-0.25, -0.2) is 0 Å². The molecule has 5 rings (SSSR count). The molecule has 2 saturated heterocycles. The third kappa shape index (κ3) is 4.54. The van der Waals surface area contributed by atoms with Crippen molar-refractivity contribution in [1.29, 1.82) is 0 Å². The van der Waals surface area contributed by atoms with Crippen LogP contribution < -0.4 is 0 Å². The summed E-state index contributed by atoms with van der Waals surface area (Å²) >= 11 is 0. The van der Waals surface area contributed by atoms with Crippen molar-refractivity contribution < 1.29 is 28.8 Å². The number of fused-ring (bicyclic) bond motifs is 1. The topological polar surface area (TPSA) is 66.4 Å². The van der Waals surface area contributed by atoms with Gasteiger partial charge in [-0.3, -0.25) is 0 Å². The largest absolute Gasteiger partial charge is 0.385 e. The van der Waals surface area contributed by atoms with Gasteiger partial charge in [-0.05, 0) is 30.5 Å². The monoisotopic (exact) mass is 476 g/mol. The molecule has 0 amide bonds. The molecule has 5 atom stereocenters. The predicted octanol–water partition coefficient (Wildman–Crippen LogP) is 4.25. The number of methoxy groups -OCH3 is 1. The molecule has 184 valence electrons. The van der Waals surface area contributed by atoms with Crippen LogP contribution in [0.3, 0.4) is 0 Å². The molecular formula is C29H32O6. The summed E-state index contributed by atoms with van der Waals surface area (Å²) in [5, 5.41) is 10.8. The number of rotatable bonds is 7. The normalized spacial score (nSPS) is 27.9. The highest BCUT2D eigenvalue weighted by molar-refractivity contribution is 5.47. The van der Waals surface area contributed by atoms with Crippen LogP contribution in [0.1, 0.15) is 30.5 Å². The molecule has 35 heavy (non-hydrogen) atoms. The third-order valence-corrected chi connectivity index (χ3v) is 6.69. The van der Waals surface area contributed by atoms with Gasteiger partial charge in [0.05, 0.1) is 6.61 Å². The first-order chi connectivity index (χ1) is 16.9. The average Bonchev–Trinajstić information content (AvgIpc) is 3.23. The summed E-state index contributed by atoms with van der Waals surface area (Å²) in [6.45, 7) is 3.85. The lowest BCUT2D eigenvalue weighted by Gasteiger charge is -2.42. The van der Waals surface area contributed by atoms with Gasteiger partial charge in [0.2, 0.25) is 0 Å². The van der Waals surface area contributed by atoms with E-state index in [2.05, 4.69) is 36.4 Å².